The number of imidazole rings is 1. The fourth-order valence-corrected chi connectivity index (χ4v) is 4.74. The van der Waals surface area contributed by atoms with Gasteiger partial charge in [-0.05, 0) is 50.1 Å². The van der Waals surface area contributed by atoms with E-state index < -0.39 is 5.97 Å². The molecule has 0 bridgehead atoms. The Kier molecular flexibility index (Phi) is 6.68. The number of carboxylic acid groups (broad SMARTS) is 1. The number of nitrogens with zero attached hydrogens (tertiary/aromatic N) is 3. The van der Waals surface area contributed by atoms with Crippen LogP contribution in [-0.4, -0.2) is 25.6 Å². The Balaban J connectivity index is 1.46. The summed E-state index contributed by atoms with van der Waals surface area (Å²) in [6, 6.07) is 23.0. The number of benzene rings is 3. The monoisotopic (exact) mass is 511 g/mol. The molecule has 0 fully saturated rings. The first-order valence-electron chi connectivity index (χ1n) is 11.9. The maximum absolute atomic E-state index is 11.7. The van der Waals surface area contributed by atoms with Crippen molar-refractivity contribution in [3.05, 3.63) is 112 Å². The van der Waals surface area contributed by atoms with Crippen LogP contribution in [-0.2, 0) is 13.2 Å². The number of aromatic carboxylic acids is 1. The second kappa shape index (κ2) is 10.1. The lowest BCUT2D eigenvalue weighted by Gasteiger charge is -2.13. The summed E-state index contributed by atoms with van der Waals surface area (Å²) >= 11 is 6.62. The second-order valence-electron chi connectivity index (χ2n) is 9.06. The zero-order valence-corrected chi connectivity index (χ0v) is 21.6. The third-order valence-corrected chi connectivity index (χ3v) is 6.88. The Morgan fingerprint density at radius 2 is 1.73 bits per heavy atom. The van der Waals surface area contributed by atoms with Crippen LogP contribution in [0.2, 0.25) is 5.15 Å². The van der Waals surface area contributed by atoms with Crippen molar-refractivity contribution in [2.24, 2.45) is 0 Å². The molecule has 6 nitrogen and oxygen atoms in total. The predicted molar refractivity (Wildman–Crippen MR) is 145 cm³/mol. The minimum atomic E-state index is -0.966. The molecule has 0 saturated heterocycles. The number of aromatic nitrogens is 3. The van der Waals surface area contributed by atoms with Gasteiger partial charge >= 0.3 is 5.97 Å². The van der Waals surface area contributed by atoms with Crippen molar-refractivity contribution < 1.29 is 14.6 Å². The van der Waals surface area contributed by atoms with Gasteiger partial charge in [0.2, 0.25) is 0 Å². The molecule has 0 radical (unpaired) electrons. The molecular weight excluding hydrogens is 486 g/mol. The summed E-state index contributed by atoms with van der Waals surface area (Å²) < 4.78 is 8.21. The molecule has 5 aromatic rings. The van der Waals surface area contributed by atoms with E-state index in [0.29, 0.717) is 23.0 Å². The topological polar surface area (TPSA) is 77.2 Å². The molecule has 3 aromatic carbocycles. The number of carbonyl (C=O) groups is 1. The van der Waals surface area contributed by atoms with Crippen LogP contribution < -0.4 is 4.74 Å². The molecule has 0 unspecified atom stereocenters. The summed E-state index contributed by atoms with van der Waals surface area (Å²) in [7, 11) is 0. The van der Waals surface area contributed by atoms with Gasteiger partial charge < -0.3 is 14.4 Å². The van der Waals surface area contributed by atoms with Crippen molar-refractivity contribution in [3.8, 4) is 17.0 Å². The third-order valence-electron chi connectivity index (χ3n) is 6.56. The summed E-state index contributed by atoms with van der Waals surface area (Å²) in [4.78, 5) is 21.1. The average molecular weight is 512 g/mol. The van der Waals surface area contributed by atoms with E-state index in [1.54, 1.807) is 12.1 Å². The second-order valence-corrected chi connectivity index (χ2v) is 9.42. The summed E-state index contributed by atoms with van der Waals surface area (Å²) in [6.07, 6.45) is 0. The number of carboxylic acids is 1. The van der Waals surface area contributed by atoms with Gasteiger partial charge in [0.25, 0.3) is 0 Å². The van der Waals surface area contributed by atoms with E-state index in [2.05, 4.69) is 9.55 Å². The molecule has 5 rings (SSSR count). The first-order chi connectivity index (χ1) is 17.8. The van der Waals surface area contributed by atoms with Crippen LogP contribution in [0.4, 0.5) is 0 Å². The van der Waals surface area contributed by atoms with Gasteiger partial charge in [0.05, 0.1) is 28.8 Å². The number of hydrogen-bond donors (Lipinski definition) is 1. The Morgan fingerprint density at radius 1 is 0.946 bits per heavy atom. The highest BCUT2D eigenvalue weighted by Crippen LogP contribution is 2.29. The molecule has 0 atom stereocenters. The lowest BCUT2D eigenvalue weighted by atomic mass is 10.0. The van der Waals surface area contributed by atoms with E-state index in [1.165, 1.54) is 0 Å². The fourth-order valence-electron chi connectivity index (χ4n) is 4.53. The van der Waals surface area contributed by atoms with Crippen molar-refractivity contribution in [2.75, 3.05) is 0 Å². The van der Waals surface area contributed by atoms with Gasteiger partial charge in [0.1, 0.15) is 23.3 Å². The molecule has 2 heterocycles. The zero-order valence-electron chi connectivity index (χ0n) is 20.8. The van der Waals surface area contributed by atoms with Crippen LogP contribution in [0.25, 0.3) is 22.3 Å². The van der Waals surface area contributed by atoms with Crippen LogP contribution >= 0.6 is 11.6 Å². The van der Waals surface area contributed by atoms with Crippen molar-refractivity contribution in [3.63, 3.8) is 0 Å². The van der Waals surface area contributed by atoms with Gasteiger partial charge in [0, 0.05) is 22.8 Å². The number of aryl methyl sites for hydroxylation is 3. The standard InChI is InChI=1S/C30H26ClN3O3/c1-18-8-7-11-24(30(35)36)25(18)17-37-23-14-19(2)28-27(15-23)34(20(3)32-28)16-22-12-13-26(33-29(22)31)21-9-5-4-6-10-21/h4-15H,16-17H2,1-3H3,(H,35,36). The number of ether oxygens (including phenoxy) is 1. The van der Waals surface area contributed by atoms with Crippen molar-refractivity contribution >= 4 is 28.6 Å². The molecule has 0 saturated carbocycles. The maximum Gasteiger partial charge on any atom is 0.336 e. The highest BCUT2D eigenvalue weighted by atomic mass is 35.5. The minimum Gasteiger partial charge on any atom is -0.489 e. The molecule has 0 aliphatic heterocycles. The smallest absolute Gasteiger partial charge is 0.336 e. The zero-order chi connectivity index (χ0) is 26.1. The Bertz CT molecular complexity index is 1630. The molecule has 0 amide bonds. The molecule has 0 spiro atoms. The van der Waals surface area contributed by atoms with Gasteiger partial charge in [-0.15, -0.1) is 0 Å². The number of rotatable bonds is 7. The molecule has 1 N–H and O–H groups in total. The lowest BCUT2D eigenvalue weighted by Crippen LogP contribution is -2.08. The van der Waals surface area contributed by atoms with Gasteiger partial charge in [-0.25, -0.2) is 14.8 Å². The summed E-state index contributed by atoms with van der Waals surface area (Å²) in [5.74, 6) is 0.534. The summed E-state index contributed by atoms with van der Waals surface area (Å²) in [5.41, 5.74) is 7.28. The Labute approximate surface area is 220 Å². The lowest BCUT2D eigenvalue weighted by molar-refractivity contribution is 0.0693. The van der Waals surface area contributed by atoms with Gasteiger partial charge in [-0.3, -0.25) is 0 Å². The van der Waals surface area contributed by atoms with E-state index in [-0.39, 0.29) is 12.2 Å². The minimum absolute atomic E-state index is 0.156. The molecule has 0 aliphatic rings. The van der Waals surface area contributed by atoms with Crippen LogP contribution in [0, 0.1) is 20.8 Å². The van der Waals surface area contributed by atoms with Gasteiger partial charge in [-0.2, -0.15) is 0 Å². The quantitative estimate of drug-likeness (QED) is 0.238. The third kappa shape index (κ3) is 4.93. The molecular formula is C30H26ClN3O3. The molecule has 2 aromatic heterocycles. The molecule has 186 valence electrons. The molecule has 37 heavy (non-hydrogen) atoms. The summed E-state index contributed by atoms with van der Waals surface area (Å²) in [5, 5.41) is 10.0. The first kappa shape index (κ1) is 24.5. The number of pyridine rings is 1. The fraction of sp³-hybridized carbons (Fsp3) is 0.167. The van der Waals surface area contributed by atoms with Crippen LogP contribution in [0.15, 0.2) is 72.8 Å². The van der Waals surface area contributed by atoms with Crippen molar-refractivity contribution in [2.45, 2.75) is 33.9 Å². The highest BCUT2D eigenvalue weighted by molar-refractivity contribution is 6.30. The molecule has 7 heteroatoms. The normalized spacial score (nSPS) is 11.1. The number of hydrogen-bond acceptors (Lipinski definition) is 4. The van der Waals surface area contributed by atoms with Crippen molar-refractivity contribution in [1.82, 2.24) is 14.5 Å². The van der Waals surface area contributed by atoms with Crippen LogP contribution in [0.3, 0.4) is 0 Å². The van der Waals surface area contributed by atoms with E-state index in [4.69, 9.17) is 21.3 Å². The van der Waals surface area contributed by atoms with Crippen LogP contribution in [0.1, 0.15) is 38.4 Å². The van der Waals surface area contributed by atoms with E-state index in [1.807, 2.05) is 81.4 Å². The molecule has 0 aliphatic carbocycles. The SMILES string of the molecule is Cc1cccc(C(=O)O)c1COc1cc(C)c2nc(C)n(Cc3ccc(-c4ccccc4)nc3Cl)c2c1. The van der Waals surface area contributed by atoms with Gasteiger partial charge in [0.15, 0.2) is 0 Å². The first-order valence-corrected chi connectivity index (χ1v) is 12.3. The van der Waals surface area contributed by atoms with Gasteiger partial charge in [-0.1, -0.05) is 60.1 Å². The van der Waals surface area contributed by atoms with E-state index in [9.17, 15) is 9.90 Å². The number of halogens is 1. The van der Waals surface area contributed by atoms with Crippen LogP contribution in [0.5, 0.6) is 5.75 Å². The highest BCUT2D eigenvalue weighted by Gasteiger charge is 2.16. The van der Waals surface area contributed by atoms with E-state index >= 15 is 0 Å². The Morgan fingerprint density at radius 3 is 2.46 bits per heavy atom. The largest absolute Gasteiger partial charge is 0.489 e. The predicted octanol–water partition coefficient (Wildman–Crippen LogP) is 7.00. The average Bonchev–Trinajstić information content (AvgIpc) is 3.20. The van der Waals surface area contributed by atoms with Crippen molar-refractivity contribution in [1.29, 1.82) is 0 Å². The summed E-state index contributed by atoms with van der Waals surface area (Å²) in [6.45, 7) is 6.51. The van der Waals surface area contributed by atoms with E-state index in [0.717, 1.165) is 44.8 Å². The maximum atomic E-state index is 11.7. The number of fused-ring (bicyclic) bond motifs is 1. The Hall–Kier alpha value is -4.16.